The van der Waals surface area contributed by atoms with Gasteiger partial charge in [-0.1, -0.05) is 0 Å². The summed E-state index contributed by atoms with van der Waals surface area (Å²) >= 11 is 0. The van der Waals surface area contributed by atoms with Crippen LogP contribution in [0.5, 0.6) is 0 Å². The highest BCUT2D eigenvalue weighted by molar-refractivity contribution is 5.55. The quantitative estimate of drug-likeness (QED) is 0.672. The predicted octanol–water partition coefficient (Wildman–Crippen LogP) is 1.82. The molecule has 0 saturated heterocycles. The summed E-state index contributed by atoms with van der Waals surface area (Å²) in [6.45, 7) is 0. The summed E-state index contributed by atoms with van der Waals surface area (Å²) in [4.78, 5) is 8.11. The van der Waals surface area contributed by atoms with Crippen LogP contribution in [-0.4, -0.2) is 9.97 Å². The SMILES string of the molecule is N#Cc1ccc(-c2nc[c]cn2)cc1. The van der Waals surface area contributed by atoms with Crippen LogP contribution in [0, 0.1) is 17.4 Å². The van der Waals surface area contributed by atoms with Crippen molar-refractivity contribution in [3.63, 3.8) is 0 Å². The van der Waals surface area contributed by atoms with E-state index < -0.39 is 0 Å². The van der Waals surface area contributed by atoms with Crippen molar-refractivity contribution < 1.29 is 0 Å². The van der Waals surface area contributed by atoms with E-state index >= 15 is 0 Å². The summed E-state index contributed by atoms with van der Waals surface area (Å²) in [5, 5.41) is 8.61. The monoisotopic (exact) mass is 180 g/mol. The molecule has 0 bridgehead atoms. The first-order valence-corrected chi connectivity index (χ1v) is 4.09. The molecule has 2 aromatic rings. The Bertz CT molecular complexity index is 454. The Morgan fingerprint density at radius 2 is 1.71 bits per heavy atom. The minimum Gasteiger partial charge on any atom is -0.236 e. The molecule has 0 fully saturated rings. The summed E-state index contributed by atoms with van der Waals surface area (Å²) in [5.74, 6) is 0.647. The summed E-state index contributed by atoms with van der Waals surface area (Å²) < 4.78 is 0. The predicted molar refractivity (Wildman–Crippen MR) is 51.0 cm³/mol. The van der Waals surface area contributed by atoms with Crippen LogP contribution in [0.2, 0.25) is 0 Å². The van der Waals surface area contributed by atoms with Crippen molar-refractivity contribution in [3.8, 4) is 17.5 Å². The van der Waals surface area contributed by atoms with Gasteiger partial charge in [0, 0.05) is 24.0 Å². The topological polar surface area (TPSA) is 49.6 Å². The second kappa shape index (κ2) is 3.67. The van der Waals surface area contributed by atoms with E-state index in [-0.39, 0.29) is 0 Å². The van der Waals surface area contributed by atoms with Gasteiger partial charge in [-0.05, 0) is 24.3 Å². The van der Waals surface area contributed by atoms with Crippen LogP contribution in [-0.2, 0) is 0 Å². The Labute approximate surface area is 81.7 Å². The number of rotatable bonds is 1. The molecule has 0 aliphatic carbocycles. The summed E-state index contributed by atoms with van der Waals surface area (Å²) in [6, 6.07) is 12.0. The molecule has 1 heterocycles. The van der Waals surface area contributed by atoms with E-state index in [9.17, 15) is 0 Å². The van der Waals surface area contributed by atoms with Crippen molar-refractivity contribution in [2.75, 3.05) is 0 Å². The molecule has 3 nitrogen and oxygen atoms in total. The molecule has 0 N–H and O–H groups in total. The zero-order chi connectivity index (χ0) is 9.80. The molecule has 65 valence electrons. The summed E-state index contributed by atoms with van der Waals surface area (Å²) in [5.41, 5.74) is 1.54. The zero-order valence-corrected chi connectivity index (χ0v) is 7.31. The molecule has 0 unspecified atom stereocenters. The standard InChI is InChI=1S/C11H6N3/c12-8-9-2-4-10(5-3-9)11-13-6-1-7-14-11/h2-7H. The van der Waals surface area contributed by atoms with Crippen LogP contribution in [0.1, 0.15) is 5.56 Å². The lowest BCUT2D eigenvalue weighted by Crippen LogP contribution is -1.86. The first kappa shape index (κ1) is 8.39. The Morgan fingerprint density at radius 1 is 1.07 bits per heavy atom. The van der Waals surface area contributed by atoms with Crippen molar-refractivity contribution in [1.82, 2.24) is 9.97 Å². The molecular weight excluding hydrogens is 174 g/mol. The fourth-order valence-corrected chi connectivity index (χ4v) is 1.11. The van der Waals surface area contributed by atoms with Gasteiger partial charge in [0.25, 0.3) is 0 Å². The van der Waals surface area contributed by atoms with E-state index in [4.69, 9.17) is 5.26 Å². The smallest absolute Gasteiger partial charge is 0.159 e. The number of hydrogen-bond acceptors (Lipinski definition) is 3. The maximum Gasteiger partial charge on any atom is 0.159 e. The molecule has 3 heteroatoms. The Kier molecular flexibility index (Phi) is 2.20. The third kappa shape index (κ3) is 1.59. The lowest BCUT2D eigenvalue weighted by Gasteiger charge is -1.97. The van der Waals surface area contributed by atoms with Gasteiger partial charge < -0.3 is 0 Å². The van der Waals surface area contributed by atoms with Crippen molar-refractivity contribution >= 4 is 0 Å². The summed E-state index contributed by atoms with van der Waals surface area (Å²) in [6.07, 6.45) is 3.14. The van der Waals surface area contributed by atoms with E-state index in [1.54, 1.807) is 24.5 Å². The highest BCUT2D eigenvalue weighted by Gasteiger charge is 1.98. The Balaban J connectivity index is 2.40. The third-order valence-electron chi connectivity index (χ3n) is 1.79. The van der Waals surface area contributed by atoms with Gasteiger partial charge in [-0.3, -0.25) is 0 Å². The van der Waals surface area contributed by atoms with E-state index in [2.05, 4.69) is 22.1 Å². The highest BCUT2D eigenvalue weighted by atomic mass is 14.8. The molecule has 0 spiro atoms. The molecule has 2 rings (SSSR count). The van der Waals surface area contributed by atoms with Crippen molar-refractivity contribution in [2.24, 2.45) is 0 Å². The lowest BCUT2D eigenvalue weighted by atomic mass is 10.1. The normalized spacial score (nSPS) is 9.36. The van der Waals surface area contributed by atoms with Crippen LogP contribution in [0.3, 0.4) is 0 Å². The molecule has 14 heavy (non-hydrogen) atoms. The number of benzene rings is 1. The first-order valence-electron chi connectivity index (χ1n) is 4.09. The third-order valence-corrected chi connectivity index (χ3v) is 1.79. The zero-order valence-electron chi connectivity index (χ0n) is 7.31. The van der Waals surface area contributed by atoms with Gasteiger partial charge in [-0.2, -0.15) is 5.26 Å². The molecule has 0 aliphatic heterocycles. The molecule has 1 aromatic heterocycles. The van der Waals surface area contributed by atoms with Gasteiger partial charge in [0.1, 0.15) is 0 Å². The van der Waals surface area contributed by atoms with Gasteiger partial charge in [0.2, 0.25) is 0 Å². The number of nitriles is 1. The first-order chi connectivity index (χ1) is 6.90. The van der Waals surface area contributed by atoms with Crippen molar-refractivity contribution in [1.29, 1.82) is 5.26 Å². The number of hydrogen-bond donors (Lipinski definition) is 0. The van der Waals surface area contributed by atoms with Crippen LogP contribution in [0.15, 0.2) is 36.7 Å². The molecule has 1 radical (unpaired) electrons. The lowest BCUT2D eigenvalue weighted by molar-refractivity contribution is 1.17. The fraction of sp³-hybridized carbons (Fsp3) is 0. The maximum absolute atomic E-state index is 8.61. The molecular formula is C11H6N3. The van der Waals surface area contributed by atoms with Crippen LogP contribution in [0.25, 0.3) is 11.4 Å². The average Bonchev–Trinajstić information content (AvgIpc) is 2.30. The molecule has 0 atom stereocenters. The Morgan fingerprint density at radius 3 is 2.29 bits per heavy atom. The number of nitrogens with zero attached hydrogens (tertiary/aromatic N) is 3. The molecule has 0 aliphatic rings. The van der Waals surface area contributed by atoms with Crippen LogP contribution >= 0.6 is 0 Å². The minimum atomic E-state index is 0.635. The highest BCUT2D eigenvalue weighted by Crippen LogP contribution is 2.13. The van der Waals surface area contributed by atoms with E-state index in [1.165, 1.54) is 0 Å². The van der Waals surface area contributed by atoms with E-state index in [0.717, 1.165) is 5.56 Å². The maximum atomic E-state index is 8.61. The molecule has 0 saturated carbocycles. The van der Waals surface area contributed by atoms with Crippen LogP contribution < -0.4 is 0 Å². The van der Waals surface area contributed by atoms with Gasteiger partial charge in [-0.15, -0.1) is 0 Å². The summed E-state index contributed by atoms with van der Waals surface area (Å²) in [7, 11) is 0. The van der Waals surface area contributed by atoms with Crippen molar-refractivity contribution in [3.05, 3.63) is 48.3 Å². The molecule has 0 amide bonds. The number of aromatic nitrogens is 2. The van der Waals surface area contributed by atoms with E-state index in [1.807, 2.05) is 12.1 Å². The minimum absolute atomic E-state index is 0.635. The van der Waals surface area contributed by atoms with Gasteiger partial charge in [0.15, 0.2) is 5.82 Å². The largest absolute Gasteiger partial charge is 0.236 e. The van der Waals surface area contributed by atoms with Gasteiger partial charge in [-0.25, -0.2) is 9.97 Å². The van der Waals surface area contributed by atoms with Gasteiger partial charge in [0.05, 0.1) is 11.6 Å². The van der Waals surface area contributed by atoms with Gasteiger partial charge >= 0.3 is 0 Å². The van der Waals surface area contributed by atoms with E-state index in [0.29, 0.717) is 11.4 Å². The Hall–Kier alpha value is -2.21. The molecule has 1 aromatic carbocycles. The second-order valence-corrected chi connectivity index (χ2v) is 2.70. The fourth-order valence-electron chi connectivity index (χ4n) is 1.11. The van der Waals surface area contributed by atoms with Crippen LogP contribution in [0.4, 0.5) is 0 Å². The van der Waals surface area contributed by atoms with Crippen molar-refractivity contribution in [2.45, 2.75) is 0 Å². The second-order valence-electron chi connectivity index (χ2n) is 2.70. The average molecular weight is 180 g/mol.